The van der Waals surface area contributed by atoms with Crippen LogP contribution < -0.4 is 9.47 Å². The molecule has 0 unspecified atom stereocenters. The predicted molar refractivity (Wildman–Crippen MR) is 109 cm³/mol. The van der Waals surface area contributed by atoms with Crippen LogP contribution in [0.15, 0.2) is 36.5 Å². The average Bonchev–Trinajstić information content (AvgIpc) is 3.38. The third kappa shape index (κ3) is 3.63. The van der Waals surface area contributed by atoms with Gasteiger partial charge in [-0.2, -0.15) is 5.10 Å². The Labute approximate surface area is 177 Å². The molecule has 0 amide bonds. The summed E-state index contributed by atoms with van der Waals surface area (Å²) in [6.45, 7) is 2.61. The summed E-state index contributed by atoms with van der Waals surface area (Å²) >= 11 is 6.45. The van der Waals surface area contributed by atoms with Crippen molar-refractivity contribution in [3.05, 3.63) is 64.4 Å². The van der Waals surface area contributed by atoms with Gasteiger partial charge >= 0.3 is 0 Å². The molecule has 2 aromatic carbocycles. The topological polar surface area (TPSA) is 50.4 Å². The van der Waals surface area contributed by atoms with Gasteiger partial charge < -0.3 is 9.47 Å². The van der Waals surface area contributed by atoms with E-state index >= 15 is 0 Å². The fourth-order valence-corrected chi connectivity index (χ4v) is 4.50. The maximum absolute atomic E-state index is 14.3. The minimum Gasteiger partial charge on any atom is -0.454 e. The first kappa shape index (κ1) is 19.3. The van der Waals surface area contributed by atoms with Crippen molar-refractivity contribution in [1.29, 1.82) is 0 Å². The Bertz CT molecular complexity index is 1090. The maximum atomic E-state index is 14.3. The molecule has 0 bridgehead atoms. The van der Waals surface area contributed by atoms with Crippen molar-refractivity contribution in [3.8, 4) is 22.6 Å². The van der Waals surface area contributed by atoms with E-state index in [0.29, 0.717) is 34.2 Å². The minimum absolute atomic E-state index is 0.161. The van der Waals surface area contributed by atoms with Crippen molar-refractivity contribution in [1.82, 2.24) is 15.1 Å². The Kier molecular flexibility index (Phi) is 5.08. The molecule has 30 heavy (non-hydrogen) atoms. The SMILES string of the molecule is Fc1ccc(-c2cn[nH]c2[C@@H]2CCCN(Cc3cc4c(cc3Cl)OCO4)C2)c(F)c1. The molecule has 2 aliphatic heterocycles. The third-order valence-electron chi connectivity index (χ3n) is 5.74. The summed E-state index contributed by atoms with van der Waals surface area (Å²) in [6.07, 6.45) is 3.57. The fraction of sp³-hybridized carbons (Fsp3) is 0.318. The number of rotatable bonds is 4. The van der Waals surface area contributed by atoms with E-state index in [1.165, 1.54) is 12.1 Å². The largest absolute Gasteiger partial charge is 0.454 e. The zero-order valence-corrected chi connectivity index (χ0v) is 16.9. The lowest BCUT2D eigenvalue weighted by Gasteiger charge is -2.33. The summed E-state index contributed by atoms with van der Waals surface area (Å²) in [5.41, 5.74) is 2.90. The van der Waals surface area contributed by atoms with E-state index in [0.717, 1.165) is 43.3 Å². The first-order valence-corrected chi connectivity index (χ1v) is 10.3. The van der Waals surface area contributed by atoms with E-state index in [4.69, 9.17) is 21.1 Å². The predicted octanol–water partition coefficient (Wildman–Crippen LogP) is 5.12. The van der Waals surface area contributed by atoms with E-state index in [-0.39, 0.29) is 12.7 Å². The Morgan fingerprint density at radius 1 is 1.13 bits per heavy atom. The van der Waals surface area contributed by atoms with Gasteiger partial charge in [-0.25, -0.2) is 8.78 Å². The zero-order chi connectivity index (χ0) is 20.7. The normalized spacial score (nSPS) is 18.7. The molecule has 3 heterocycles. The van der Waals surface area contributed by atoms with Crippen LogP contribution in [-0.4, -0.2) is 35.0 Å². The van der Waals surface area contributed by atoms with Crippen LogP contribution in [0.25, 0.3) is 11.1 Å². The van der Waals surface area contributed by atoms with Crippen molar-refractivity contribution in [2.75, 3.05) is 19.9 Å². The lowest BCUT2D eigenvalue weighted by Crippen LogP contribution is -2.34. The Hall–Kier alpha value is -2.64. The highest BCUT2D eigenvalue weighted by molar-refractivity contribution is 6.31. The number of likely N-dealkylation sites (tertiary alicyclic amines) is 1. The van der Waals surface area contributed by atoms with Crippen LogP contribution in [0, 0.1) is 11.6 Å². The lowest BCUT2D eigenvalue weighted by atomic mass is 9.90. The second-order valence-electron chi connectivity index (χ2n) is 7.69. The van der Waals surface area contributed by atoms with Gasteiger partial charge in [-0.15, -0.1) is 0 Å². The molecule has 0 radical (unpaired) electrons. The number of hydrogen-bond acceptors (Lipinski definition) is 4. The van der Waals surface area contributed by atoms with E-state index < -0.39 is 11.6 Å². The first-order chi connectivity index (χ1) is 14.6. The van der Waals surface area contributed by atoms with E-state index in [9.17, 15) is 8.78 Å². The molecule has 156 valence electrons. The van der Waals surface area contributed by atoms with E-state index in [2.05, 4.69) is 15.1 Å². The van der Waals surface area contributed by atoms with Crippen LogP contribution >= 0.6 is 11.6 Å². The van der Waals surface area contributed by atoms with Crippen LogP contribution in [0.4, 0.5) is 8.78 Å². The van der Waals surface area contributed by atoms with Crippen LogP contribution in [0.2, 0.25) is 5.02 Å². The number of halogens is 3. The lowest BCUT2D eigenvalue weighted by molar-refractivity contribution is 0.173. The third-order valence-corrected chi connectivity index (χ3v) is 6.09. The molecule has 1 saturated heterocycles. The molecule has 5 nitrogen and oxygen atoms in total. The van der Waals surface area contributed by atoms with Crippen molar-refractivity contribution < 1.29 is 18.3 Å². The number of benzene rings is 2. The molecule has 1 fully saturated rings. The number of H-pyrrole nitrogens is 1. The highest BCUT2D eigenvalue weighted by atomic mass is 35.5. The number of hydrogen-bond donors (Lipinski definition) is 1. The molecule has 3 aromatic rings. The maximum Gasteiger partial charge on any atom is 0.231 e. The van der Waals surface area contributed by atoms with E-state index in [1.54, 1.807) is 12.3 Å². The van der Waals surface area contributed by atoms with Gasteiger partial charge in [-0.05, 0) is 43.1 Å². The molecule has 5 rings (SSSR count). The highest BCUT2D eigenvalue weighted by Gasteiger charge is 2.27. The van der Waals surface area contributed by atoms with Gasteiger partial charge in [0, 0.05) is 53.0 Å². The van der Waals surface area contributed by atoms with Crippen molar-refractivity contribution >= 4 is 11.6 Å². The minimum atomic E-state index is -0.592. The van der Waals surface area contributed by atoms with Crippen LogP contribution in [0.5, 0.6) is 11.5 Å². The number of nitrogens with one attached hydrogen (secondary N) is 1. The van der Waals surface area contributed by atoms with Gasteiger partial charge in [0.1, 0.15) is 11.6 Å². The number of fused-ring (bicyclic) bond motifs is 1. The van der Waals surface area contributed by atoms with Crippen molar-refractivity contribution in [3.63, 3.8) is 0 Å². The number of piperidine rings is 1. The van der Waals surface area contributed by atoms with Crippen molar-refractivity contribution in [2.45, 2.75) is 25.3 Å². The Morgan fingerprint density at radius 3 is 2.80 bits per heavy atom. The van der Waals surface area contributed by atoms with Crippen LogP contribution in [0.1, 0.15) is 30.0 Å². The van der Waals surface area contributed by atoms with Gasteiger partial charge in [0.2, 0.25) is 6.79 Å². The molecule has 1 aromatic heterocycles. The summed E-state index contributed by atoms with van der Waals surface area (Å²) in [5, 5.41) is 7.84. The molecule has 8 heteroatoms. The monoisotopic (exact) mass is 431 g/mol. The Morgan fingerprint density at radius 2 is 1.97 bits per heavy atom. The second-order valence-corrected chi connectivity index (χ2v) is 8.10. The van der Waals surface area contributed by atoms with Crippen molar-refractivity contribution in [2.24, 2.45) is 0 Å². The van der Waals surface area contributed by atoms with Crippen LogP contribution in [0.3, 0.4) is 0 Å². The van der Waals surface area contributed by atoms with E-state index in [1.807, 2.05) is 6.07 Å². The molecule has 2 aliphatic rings. The summed E-state index contributed by atoms with van der Waals surface area (Å²) in [6, 6.07) is 7.37. The fourth-order valence-electron chi connectivity index (χ4n) is 4.29. The zero-order valence-electron chi connectivity index (χ0n) is 16.1. The van der Waals surface area contributed by atoms with Gasteiger partial charge in [-0.3, -0.25) is 10.00 Å². The summed E-state index contributed by atoms with van der Waals surface area (Å²) in [5.74, 6) is 0.367. The summed E-state index contributed by atoms with van der Waals surface area (Å²) < 4.78 is 38.5. The molecule has 1 N–H and O–H groups in total. The summed E-state index contributed by atoms with van der Waals surface area (Å²) in [4.78, 5) is 2.32. The average molecular weight is 432 g/mol. The van der Waals surface area contributed by atoms with Gasteiger partial charge in [0.05, 0.1) is 6.20 Å². The smallest absolute Gasteiger partial charge is 0.231 e. The van der Waals surface area contributed by atoms with Gasteiger partial charge in [0.15, 0.2) is 11.5 Å². The number of nitrogens with zero attached hydrogens (tertiary/aromatic N) is 2. The summed E-state index contributed by atoms with van der Waals surface area (Å²) in [7, 11) is 0. The van der Waals surface area contributed by atoms with Gasteiger partial charge in [-0.1, -0.05) is 11.6 Å². The number of aromatic amines is 1. The van der Waals surface area contributed by atoms with Gasteiger partial charge in [0.25, 0.3) is 0 Å². The molecule has 1 atom stereocenters. The molecule has 0 spiro atoms. The quantitative estimate of drug-likeness (QED) is 0.623. The Balaban J connectivity index is 1.36. The number of aromatic nitrogens is 2. The molecular weight excluding hydrogens is 412 g/mol. The number of ether oxygens (including phenoxy) is 2. The second kappa shape index (κ2) is 7.89. The highest BCUT2D eigenvalue weighted by Crippen LogP contribution is 2.39. The van der Waals surface area contributed by atoms with Crippen LogP contribution in [-0.2, 0) is 6.54 Å². The molecular formula is C22H20ClF2N3O2. The standard InChI is InChI=1S/C22H20ClF2N3O2/c23-18-8-21-20(29-12-30-21)6-14(18)11-28-5-1-2-13(10-28)22-17(9-26-27-22)16-4-3-15(24)7-19(16)25/h3-4,6-9,13H,1-2,5,10-12H2,(H,26,27)/t13-/m1/s1. The molecule has 0 saturated carbocycles. The first-order valence-electron chi connectivity index (χ1n) is 9.87. The molecule has 0 aliphatic carbocycles.